The summed E-state index contributed by atoms with van der Waals surface area (Å²) in [6.07, 6.45) is 2.52. The van der Waals surface area contributed by atoms with Crippen LogP contribution in [0.2, 0.25) is 0 Å². The van der Waals surface area contributed by atoms with E-state index in [0.29, 0.717) is 18.0 Å². The average molecular weight is 497 g/mol. The first-order valence-electron chi connectivity index (χ1n) is 10.1. The molecule has 2 aliphatic rings. The van der Waals surface area contributed by atoms with Crippen molar-refractivity contribution in [1.29, 1.82) is 0 Å². The lowest BCUT2D eigenvalue weighted by molar-refractivity contribution is 0.00752. The molecular weight excluding hydrogens is 457 g/mol. The van der Waals surface area contributed by atoms with Crippen LogP contribution in [-0.2, 0) is 9.47 Å². The Labute approximate surface area is 182 Å². The Morgan fingerprint density at radius 3 is 2.59 bits per heavy atom. The van der Waals surface area contributed by atoms with Gasteiger partial charge < -0.3 is 20.1 Å². The number of morpholine rings is 1. The van der Waals surface area contributed by atoms with Gasteiger partial charge in [0.15, 0.2) is 5.96 Å². The number of nitrogens with one attached hydrogen (secondary N) is 2. The van der Waals surface area contributed by atoms with Crippen molar-refractivity contribution in [2.45, 2.75) is 38.8 Å². The maximum absolute atomic E-state index is 5.50. The molecule has 7 nitrogen and oxygen atoms in total. The van der Waals surface area contributed by atoms with Gasteiger partial charge in [-0.25, -0.2) is 0 Å². The number of methoxy groups -OCH3 is 1. The lowest BCUT2D eigenvalue weighted by Gasteiger charge is -2.37. The Balaban J connectivity index is 0.00000364. The van der Waals surface area contributed by atoms with Gasteiger partial charge in [-0.3, -0.25) is 14.8 Å². The van der Waals surface area contributed by atoms with Crippen molar-refractivity contribution in [3.8, 4) is 0 Å². The minimum Gasteiger partial charge on any atom is -0.383 e. The fraction of sp³-hybridized carbons (Fsp3) is 0.947. The van der Waals surface area contributed by atoms with Crippen LogP contribution >= 0.6 is 24.0 Å². The van der Waals surface area contributed by atoms with Crippen molar-refractivity contribution < 1.29 is 9.47 Å². The quantitative estimate of drug-likeness (QED) is 0.284. The molecule has 27 heavy (non-hydrogen) atoms. The Kier molecular flexibility index (Phi) is 12.8. The number of aliphatic imine (C=N–C) groups is 1. The maximum atomic E-state index is 5.50. The van der Waals surface area contributed by atoms with Gasteiger partial charge in [-0.05, 0) is 25.3 Å². The second-order valence-corrected chi connectivity index (χ2v) is 7.62. The molecule has 2 unspecified atom stereocenters. The number of hydrogen-bond donors (Lipinski definition) is 2. The summed E-state index contributed by atoms with van der Waals surface area (Å²) in [5.74, 6) is 1.50. The lowest BCUT2D eigenvalue weighted by atomic mass is 10.0. The van der Waals surface area contributed by atoms with Crippen LogP contribution < -0.4 is 10.6 Å². The second-order valence-electron chi connectivity index (χ2n) is 7.62. The number of halogens is 1. The minimum atomic E-state index is 0. The molecule has 2 heterocycles. The summed E-state index contributed by atoms with van der Waals surface area (Å²) >= 11 is 0. The molecular formula is C19H40IN5O2. The number of likely N-dealkylation sites (tertiary alicyclic amines) is 1. The molecule has 0 amide bonds. The minimum absolute atomic E-state index is 0. The van der Waals surface area contributed by atoms with Crippen molar-refractivity contribution in [3.63, 3.8) is 0 Å². The molecule has 0 aliphatic carbocycles. The van der Waals surface area contributed by atoms with E-state index in [-0.39, 0.29) is 24.0 Å². The van der Waals surface area contributed by atoms with E-state index in [4.69, 9.17) is 9.47 Å². The molecule has 0 saturated carbocycles. The topological polar surface area (TPSA) is 61.4 Å². The Morgan fingerprint density at radius 2 is 1.96 bits per heavy atom. The zero-order chi connectivity index (χ0) is 18.8. The zero-order valence-electron chi connectivity index (χ0n) is 17.6. The average Bonchev–Trinajstić information content (AvgIpc) is 3.10. The normalized spacial score (nSPS) is 23.3. The zero-order valence-corrected chi connectivity index (χ0v) is 19.9. The summed E-state index contributed by atoms with van der Waals surface area (Å²) in [6, 6.07) is 1.07. The van der Waals surface area contributed by atoms with Gasteiger partial charge in [-0.2, -0.15) is 0 Å². The molecule has 8 heteroatoms. The SMILES string of the molecule is CN=C(NCC1CCCN1CCOC)NCC(C(C)C)N1CCOCC1.I. The molecule has 2 aliphatic heterocycles. The van der Waals surface area contributed by atoms with Gasteiger partial charge in [0, 0.05) is 59.0 Å². The predicted molar refractivity (Wildman–Crippen MR) is 122 cm³/mol. The van der Waals surface area contributed by atoms with Crippen molar-refractivity contribution in [2.24, 2.45) is 10.9 Å². The molecule has 2 saturated heterocycles. The predicted octanol–water partition coefficient (Wildman–Crippen LogP) is 1.24. The number of rotatable bonds is 9. The van der Waals surface area contributed by atoms with Gasteiger partial charge in [-0.1, -0.05) is 13.8 Å². The number of hydrogen-bond acceptors (Lipinski definition) is 5. The van der Waals surface area contributed by atoms with Gasteiger partial charge in [0.1, 0.15) is 0 Å². The van der Waals surface area contributed by atoms with Gasteiger partial charge in [-0.15, -0.1) is 24.0 Å². The first-order valence-corrected chi connectivity index (χ1v) is 10.1. The summed E-state index contributed by atoms with van der Waals surface area (Å²) in [4.78, 5) is 9.48. The van der Waals surface area contributed by atoms with Crippen LogP contribution in [0.25, 0.3) is 0 Å². The summed E-state index contributed by atoms with van der Waals surface area (Å²) in [5.41, 5.74) is 0. The second kappa shape index (κ2) is 13.9. The summed E-state index contributed by atoms with van der Waals surface area (Å²) in [5, 5.41) is 7.07. The Hall–Kier alpha value is -0.160. The standard InChI is InChI=1S/C19H39N5O2.HI/c1-16(2)18(24-9-12-26-13-10-24)15-22-19(20-3)21-14-17-6-5-7-23(17)8-11-25-4;/h16-18H,5-15H2,1-4H3,(H2,20,21,22);1H. The third-order valence-corrected chi connectivity index (χ3v) is 5.57. The highest BCUT2D eigenvalue weighted by atomic mass is 127. The fourth-order valence-electron chi connectivity index (χ4n) is 3.96. The van der Waals surface area contributed by atoms with E-state index < -0.39 is 0 Å². The van der Waals surface area contributed by atoms with Crippen molar-refractivity contribution in [2.75, 3.05) is 73.2 Å². The Morgan fingerprint density at radius 1 is 1.22 bits per heavy atom. The molecule has 2 fully saturated rings. The molecule has 2 N–H and O–H groups in total. The van der Waals surface area contributed by atoms with Crippen LogP contribution in [-0.4, -0.2) is 101 Å². The molecule has 0 bridgehead atoms. The fourth-order valence-corrected chi connectivity index (χ4v) is 3.96. The third-order valence-electron chi connectivity index (χ3n) is 5.57. The Bertz CT molecular complexity index is 419. The van der Waals surface area contributed by atoms with E-state index in [1.807, 2.05) is 7.05 Å². The number of nitrogens with zero attached hydrogens (tertiary/aromatic N) is 3. The van der Waals surface area contributed by atoms with Crippen molar-refractivity contribution in [1.82, 2.24) is 20.4 Å². The summed E-state index contributed by atoms with van der Waals surface area (Å²) < 4.78 is 10.7. The highest BCUT2D eigenvalue weighted by Crippen LogP contribution is 2.16. The maximum Gasteiger partial charge on any atom is 0.191 e. The molecule has 0 spiro atoms. The third kappa shape index (κ3) is 8.39. The first-order chi connectivity index (χ1) is 12.7. The summed E-state index contributed by atoms with van der Waals surface area (Å²) in [7, 11) is 3.63. The molecule has 2 rings (SSSR count). The molecule has 160 valence electrons. The molecule has 0 radical (unpaired) electrons. The smallest absolute Gasteiger partial charge is 0.191 e. The number of guanidine groups is 1. The van der Waals surface area contributed by atoms with Gasteiger partial charge in [0.25, 0.3) is 0 Å². The largest absolute Gasteiger partial charge is 0.383 e. The van der Waals surface area contributed by atoms with Crippen LogP contribution in [0.3, 0.4) is 0 Å². The summed E-state index contributed by atoms with van der Waals surface area (Å²) in [6.45, 7) is 13.2. The van der Waals surface area contributed by atoms with E-state index in [2.05, 4.69) is 39.3 Å². The van der Waals surface area contributed by atoms with Crippen LogP contribution in [0.1, 0.15) is 26.7 Å². The van der Waals surface area contributed by atoms with E-state index >= 15 is 0 Å². The van der Waals surface area contributed by atoms with E-state index in [0.717, 1.165) is 58.5 Å². The van der Waals surface area contributed by atoms with Crippen molar-refractivity contribution >= 4 is 29.9 Å². The van der Waals surface area contributed by atoms with Gasteiger partial charge >= 0.3 is 0 Å². The molecule has 0 aromatic heterocycles. The van der Waals surface area contributed by atoms with E-state index in [9.17, 15) is 0 Å². The van der Waals surface area contributed by atoms with Crippen LogP contribution in [0, 0.1) is 5.92 Å². The molecule has 0 aromatic carbocycles. The van der Waals surface area contributed by atoms with Crippen LogP contribution in [0.15, 0.2) is 4.99 Å². The highest BCUT2D eigenvalue weighted by Gasteiger charge is 2.25. The van der Waals surface area contributed by atoms with Gasteiger partial charge in [0.05, 0.1) is 19.8 Å². The highest BCUT2D eigenvalue weighted by molar-refractivity contribution is 14.0. The van der Waals surface area contributed by atoms with Crippen LogP contribution in [0.4, 0.5) is 0 Å². The van der Waals surface area contributed by atoms with E-state index in [1.165, 1.54) is 19.4 Å². The first kappa shape index (κ1) is 24.9. The van der Waals surface area contributed by atoms with Crippen molar-refractivity contribution in [3.05, 3.63) is 0 Å². The van der Waals surface area contributed by atoms with Crippen LogP contribution in [0.5, 0.6) is 0 Å². The monoisotopic (exact) mass is 497 g/mol. The molecule has 2 atom stereocenters. The lowest BCUT2D eigenvalue weighted by Crippen LogP contribution is -2.53. The van der Waals surface area contributed by atoms with Gasteiger partial charge in [0.2, 0.25) is 0 Å². The molecule has 0 aromatic rings. The van der Waals surface area contributed by atoms with E-state index in [1.54, 1.807) is 7.11 Å². The number of ether oxygens (including phenoxy) is 2.